The van der Waals surface area contributed by atoms with Crippen molar-refractivity contribution in [1.29, 1.82) is 0 Å². The molecule has 0 saturated carbocycles. The number of thiophene rings is 1. The molecule has 2 aromatic heterocycles. The second kappa shape index (κ2) is 9.69. The fourth-order valence-corrected chi connectivity index (χ4v) is 4.89. The summed E-state index contributed by atoms with van der Waals surface area (Å²) < 4.78 is 36.1. The molecule has 0 fully saturated rings. The SMILES string of the molecule is CNS(=O)(=O)Cc1ccc(CNC(=O)c2sc3nc(COC)nc(OC)c3c2C)cc1. The number of hydrogen-bond donors (Lipinski definition) is 2. The second-order valence-corrected chi connectivity index (χ2v) is 9.71. The summed E-state index contributed by atoms with van der Waals surface area (Å²) in [6, 6.07) is 7.06. The van der Waals surface area contributed by atoms with Gasteiger partial charge in [0.2, 0.25) is 15.9 Å². The smallest absolute Gasteiger partial charge is 0.261 e. The highest BCUT2D eigenvalue weighted by Crippen LogP contribution is 2.35. The molecular weight excluding hydrogens is 440 g/mol. The van der Waals surface area contributed by atoms with E-state index in [-0.39, 0.29) is 18.3 Å². The first-order valence-corrected chi connectivity index (χ1v) is 11.8. The fourth-order valence-electron chi connectivity index (χ4n) is 3.01. The van der Waals surface area contributed by atoms with Crippen LogP contribution in [0.2, 0.25) is 0 Å². The van der Waals surface area contributed by atoms with E-state index < -0.39 is 10.0 Å². The topological polar surface area (TPSA) is 120 Å². The van der Waals surface area contributed by atoms with E-state index in [1.807, 2.05) is 6.92 Å². The van der Waals surface area contributed by atoms with E-state index in [9.17, 15) is 13.2 Å². The lowest BCUT2D eigenvalue weighted by Gasteiger charge is -2.07. The lowest BCUT2D eigenvalue weighted by Crippen LogP contribution is -2.22. The van der Waals surface area contributed by atoms with E-state index in [0.29, 0.717) is 38.9 Å². The highest BCUT2D eigenvalue weighted by Gasteiger charge is 2.21. The molecule has 0 unspecified atom stereocenters. The molecule has 0 atom stereocenters. The number of aryl methyl sites for hydroxylation is 1. The molecule has 1 aromatic carbocycles. The van der Waals surface area contributed by atoms with Crippen molar-refractivity contribution in [1.82, 2.24) is 20.0 Å². The quantitative estimate of drug-likeness (QED) is 0.498. The van der Waals surface area contributed by atoms with E-state index in [0.717, 1.165) is 11.1 Å². The molecule has 3 rings (SSSR count). The standard InChI is InChI=1S/C20H24N4O5S2/c1-12-16-19(29-4)23-15(10-28-3)24-20(16)30-17(12)18(25)22-9-13-5-7-14(8-6-13)11-31(26,27)21-2/h5-8,21H,9-11H2,1-4H3,(H,22,25). The van der Waals surface area contributed by atoms with Crippen LogP contribution in [0.3, 0.4) is 0 Å². The third-order valence-corrected chi connectivity index (χ3v) is 7.14. The van der Waals surface area contributed by atoms with Gasteiger partial charge in [-0.15, -0.1) is 11.3 Å². The zero-order valence-corrected chi connectivity index (χ0v) is 19.3. The minimum absolute atomic E-state index is 0.0922. The van der Waals surface area contributed by atoms with Gasteiger partial charge >= 0.3 is 0 Å². The highest BCUT2D eigenvalue weighted by molar-refractivity contribution is 7.88. The van der Waals surface area contributed by atoms with Crippen LogP contribution < -0.4 is 14.8 Å². The highest BCUT2D eigenvalue weighted by atomic mass is 32.2. The van der Waals surface area contributed by atoms with Crippen molar-refractivity contribution in [2.45, 2.75) is 25.8 Å². The third-order valence-electron chi connectivity index (χ3n) is 4.62. The number of sulfonamides is 1. The largest absolute Gasteiger partial charge is 0.480 e. The molecule has 11 heteroatoms. The summed E-state index contributed by atoms with van der Waals surface area (Å²) in [4.78, 5) is 22.8. The summed E-state index contributed by atoms with van der Waals surface area (Å²) >= 11 is 1.28. The Morgan fingerprint density at radius 2 is 1.81 bits per heavy atom. The van der Waals surface area contributed by atoms with Gasteiger partial charge < -0.3 is 14.8 Å². The second-order valence-electron chi connectivity index (χ2n) is 6.78. The Hall–Kier alpha value is -2.60. The molecule has 0 bridgehead atoms. The molecule has 0 saturated heterocycles. The number of fused-ring (bicyclic) bond motifs is 1. The number of rotatable bonds is 9. The molecule has 1 amide bonds. The number of nitrogens with one attached hydrogen (secondary N) is 2. The predicted molar refractivity (Wildman–Crippen MR) is 119 cm³/mol. The van der Waals surface area contributed by atoms with Gasteiger partial charge in [-0.3, -0.25) is 4.79 Å². The molecule has 0 aliphatic carbocycles. The van der Waals surface area contributed by atoms with Gasteiger partial charge in [0.25, 0.3) is 5.91 Å². The maximum Gasteiger partial charge on any atom is 0.261 e. The predicted octanol–water partition coefficient (Wildman–Crippen LogP) is 2.13. The first kappa shape index (κ1) is 23.1. The van der Waals surface area contributed by atoms with E-state index in [1.54, 1.807) is 31.4 Å². The third kappa shape index (κ3) is 5.37. The Morgan fingerprint density at radius 1 is 1.13 bits per heavy atom. The van der Waals surface area contributed by atoms with Gasteiger partial charge in [0, 0.05) is 13.7 Å². The average molecular weight is 465 g/mol. The van der Waals surface area contributed by atoms with Crippen LogP contribution >= 0.6 is 11.3 Å². The van der Waals surface area contributed by atoms with Crippen LogP contribution in [0, 0.1) is 6.92 Å². The van der Waals surface area contributed by atoms with Gasteiger partial charge in [0.15, 0.2) is 5.82 Å². The molecule has 2 heterocycles. The van der Waals surface area contributed by atoms with Crippen LogP contribution in [0.4, 0.5) is 0 Å². The van der Waals surface area contributed by atoms with Gasteiger partial charge in [0.05, 0.1) is 23.1 Å². The Kier molecular flexibility index (Phi) is 7.21. The van der Waals surface area contributed by atoms with E-state index in [1.165, 1.54) is 25.5 Å². The van der Waals surface area contributed by atoms with Gasteiger partial charge in [-0.25, -0.2) is 18.1 Å². The van der Waals surface area contributed by atoms with Gasteiger partial charge in [-0.1, -0.05) is 24.3 Å². The molecule has 2 N–H and O–H groups in total. The molecule has 3 aromatic rings. The van der Waals surface area contributed by atoms with Gasteiger partial charge in [-0.05, 0) is 30.7 Å². The number of benzene rings is 1. The van der Waals surface area contributed by atoms with Crippen LogP contribution in [0.1, 0.15) is 32.2 Å². The van der Waals surface area contributed by atoms with Crippen molar-refractivity contribution in [3.05, 3.63) is 51.7 Å². The van der Waals surface area contributed by atoms with Gasteiger partial charge in [-0.2, -0.15) is 4.98 Å². The maximum atomic E-state index is 12.8. The number of carbonyl (C=O) groups excluding carboxylic acids is 1. The number of nitrogens with zero attached hydrogens (tertiary/aromatic N) is 2. The minimum atomic E-state index is -3.32. The van der Waals surface area contributed by atoms with Crippen molar-refractivity contribution in [3.63, 3.8) is 0 Å². The number of ether oxygens (including phenoxy) is 2. The van der Waals surface area contributed by atoms with Crippen LogP contribution in [0.15, 0.2) is 24.3 Å². The van der Waals surface area contributed by atoms with E-state index in [2.05, 4.69) is 20.0 Å². The molecule has 31 heavy (non-hydrogen) atoms. The van der Waals surface area contributed by atoms with Crippen LogP contribution in [0.5, 0.6) is 5.88 Å². The maximum absolute atomic E-state index is 12.8. The molecule has 0 aliphatic heterocycles. The van der Waals surface area contributed by atoms with Crippen LogP contribution in [-0.2, 0) is 33.7 Å². The number of methoxy groups -OCH3 is 2. The molecule has 0 spiro atoms. The first-order chi connectivity index (χ1) is 14.8. The van der Waals surface area contributed by atoms with Crippen molar-refractivity contribution in [2.75, 3.05) is 21.3 Å². The van der Waals surface area contributed by atoms with Crippen molar-refractivity contribution in [2.24, 2.45) is 0 Å². The number of aromatic nitrogens is 2. The lowest BCUT2D eigenvalue weighted by molar-refractivity contribution is 0.0954. The van der Waals surface area contributed by atoms with Crippen molar-refractivity contribution >= 4 is 37.5 Å². The Balaban J connectivity index is 1.75. The Labute approximate surface area is 184 Å². The Morgan fingerprint density at radius 3 is 2.42 bits per heavy atom. The molecule has 0 aliphatic rings. The fraction of sp³-hybridized carbons (Fsp3) is 0.350. The normalized spacial score (nSPS) is 11.6. The zero-order valence-electron chi connectivity index (χ0n) is 17.7. The van der Waals surface area contributed by atoms with Crippen molar-refractivity contribution in [3.8, 4) is 5.88 Å². The first-order valence-electron chi connectivity index (χ1n) is 9.38. The summed E-state index contributed by atoms with van der Waals surface area (Å²) in [6.07, 6.45) is 0. The zero-order chi connectivity index (χ0) is 22.6. The summed E-state index contributed by atoms with van der Waals surface area (Å²) in [7, 11) is 1.15. The minimum Gasteiger partial charge on any atom is -0.480 e. The summed E-state index contributed by atoms with van der Waals surface area (Å²) in [6.45, 7) is 2.40. The monoisotopic (exact) mass is 464 g/mol. The molecule has 9 nitrogen and oxygen atoms in total. The summed E-state index contributed by atoms with van der Waals surface area (Å²) in [5.41, 5.74) is 2.28. The number of amides is 1. The molecular formula is C20H24N4O5S2. The molecule has 0 radical (unpaired) electrons. The number of hydrogen-bond acceptors (Lipinski definition) is 8. The Bertz CT molecular complexity index is 1190. The summed E-state index contributed by atoms with van der Waals surface area (Å²) in [5.74, 6) is 0.584. The number of carbonyl (C=O) groups is 1. The lowest BCUT2D eigenvalue weighted by atomic mass is 10.1. The molecule has 166 valence electrons. The van der Waals surface area contributed by atoms with Gasteiger partial charge in [0.1, 0.15) is 11.4 Å². The van der Waals surface area contributed by atoms with Crippen LogP contribution in [-0.4, -0.2) is 45.6 Å². The van der Waals surface area contributed by atoms with Crippen molar-refractivity contribution < 1.29 is 22.7 Å². The average Bonchev–Trinajstić information content (AvgIpc) is 3.09. The summed E-state index contributed by atoms with van der Waals surface area (Å²) in [5, 5.41) is 3.62. The van der Waals surface area contributed by atoms with E-state index >= 15 is 0 Å². The van der Waals surface area contributed by atoms with Crippen LogP contribution in [0.25, 0.3) is 10.2 Å². The van der Waals surface area contributed by atoms with E-state index in [4.69, 9.17) is 9.47 Å².